The fourth-order valence-corrected chi connectivity index (χ4v) is 3.58. The number of ketones is 1. The van der Waals surface area contributed by atoms with E-state index in [-0.39, 0.29) is 13.0 Å². The molecule has 1 aliphatic carbocycles. The van der Waals surface area contributed by atoms with Crippen LogP contribution in [-0.4, -0.2) is 23.5 Å². The third kappa shape index (κ3) is 3.10. The summed E-state index contributed by atoms with van der Waals surface area (Å²) >= 11 is 0. The Balaban J connectivity index is 2.04. The molecule has 2 aromatic carbocycles. The van der Waals surface area contributed by atoms with Crippen LogP contribution < -0.4 is 0 Å². The Kier molecular flexibility index (Phi) is 4.73. The minimum Gasteiger partial charge on any atom is -0.465 e. The Bertz CT molecular complexity index is 766. The van der Waals surface area contributed by atoms with Gasteiger partial charge >= 0.3 is 5.97 Å². The standard InChI is InChI=1S/C21H22O4/c1-3-25-20(23)18-17(15-11-9-14(2)10-12-15)13-21(24,19(18)22)16-7-5-4-6-8-16/h4-12,17-18,24H,3,13H2,1-2H3. The van der Waals surface area contributed by atoms with Crippen molar-refractivity contribution >= 4 is 11.8 Å². The summed E-state index contributed by atoms with van der Waals surface area (Å²) in [5.41, 5.74) is 0.806. The second-order valence-corrected chi connectivity index (χ2v) is 6.54. The van der Waals surface area contributed by atoms with Crippen molar-refractivity contribution in [2.24, 2.45) is 5.92 Å². The van der Waals surface area contributed by atoms with E-state index in [1.165, 1.54) is 0 Å². The molecule has 0 heterocycles. The zero-order chi connectivity index (χ0) is 18.0. The van der Waals surface area contributed by atoms with Gasteiger partial charge in [0, 0.05) is 5.92 Å². The second kappa shape index (κ2) is 6.81. The lowest BCUT2D eigenvalue weighted by Crippen LogP contribution is -2.36. The second-order valence-electron chi connectivity index (χ2n) is 6.54. The van der Waals surface area contributed by atoms with Crippen LogP contribution in [0.25, 0.3) is 0 Å². The van der Waals surface area contributed by atoms with Gasteiger partial charge in [0.25, 0.3) is 0 Å². The first-order valence-electron chi connectivity index (χ1n) is 8.52. The topological polar surface area (TPSA) is 63.6 Å². The van der Waals surface area contributed by atoms with Gasteiger partial charge in [-0.15, -0.1) is 0 Å². The molecular weight excluding hydrogens is 316 g/mol. The zero-order valence-electron chi connectivity index (χ0n) is 14.4. The van der Waals surface area contributed by atoms with Gasteiger partial charge < -0.3 is 9.84 Å². The number of Topliss-reactive ketones (excluding diaryl/α,β-unsaturated/α-hetero) is 1. The third-order valence-corrected chi connectivity index (χ3v) is 4.91. The van der Waals surface area contributed by atoms with Crippen molar-refractivity contribution in [3.05, 3.63) is 71.3 Å². The Morgan fingerprint density at radius 2 is 1.80 bits per heavy atom. The fraction of sp³-hybridized carbons (Fsp3) is 0.333. The first-order valence-corrected chi connectivity index (χ1v) is 8.52. The molecule has 0 spiro atoms. The number of carbonyl (C=O) groups is 2. The molecule has 0 radical (unpaired) electrons. The van der Waals surface area contributed by atoms with E-state index in [4.69, 9.17) is 4.74 Å². The summed E-state index contributed by atoms with van der Waals surface area (Å²) in [6, 6.07) is 16.5. The van der Waals surface area contributed by atoms with Crippen molar-refractivity contribution in [3.63, 3.8) is 0 Å². The number of rotatable bonds is 4. The van der Waals surface area contributed by atoms with Gasteiger partial charge in [-0.25, -0.2) is 0 Å². The Labute approximate surface area is 147 Å². The summed E-state index contributed by atoms with van der Waals surface area (Å²) < 4.78 is 5.13. The van der Waals surface area contributed by atoms with E-state index in [0.29, 0.717) is 5.56 Å². The normalized spacial score (nSPS) is 25.8. The van der Waals surface area contributed by atoms with E-state index in [1.807, 2.05) is 37.3 Å². The molecule has 4 nitrogen and oxygen atoms in total. The number of hydrogen-bond donors (Lipinski definition) is 1. The summed E-state index contributed by atoms with van der Waals surface area (Å²) in [6.45, 7) is 3.89. The highest BCUT2D eigenvalue weighted by molar-refractivity contribution is 6.06. The Morgan fingerprint density at radius 1 is 1.16 bits per heavy atom. The lowest BCUT2D eigenvalue weighted by molar-refractivity contribution is -0.154. The van der Waals surface area contributed by atoms with Crippen molar-refractivity contribution in [2.45, 2.75) is 31.8 Å². The number of aryl methyl sites for hydroxylation is 1. The molecule has 1 saturated carbocycles. The van der Waals surface area contributed by atoms with E-state index in [0.717, 1.165) is 11.1 Å². The van der Waals surface area contributed by atoms with Crippen molar-refractivity contribution in [1.29, 1.82) is 0 Å². The zero-order valence-corrected chi connectivity index (χ0v) is 14.4. The molecule has 3 unspecified atom stereocenters. The van der Waals surface area contributed by atoms with Gasteiger partial charge in [0.1, 0.15) is 11.5 Å². The molecular formula is C21H22O4. The Hall–Kier alpha value is -2.46. The number of carbonyl (C=O) groups excluding carboxylic acids is 2. The summed E-state index contributed by atoms with van der Waals surface area (Å²) in [5.74, 6) is -2.45. The highest BCUT2D eigenvalue weighted by Crippen LogP contribution is 2.48. The SMILES string of the molecule is CCOC(=O)C1C(=O)C(O)(c2ccccc2)CC1c1ccc(C)cc1. The average Bonchev–Trinajstić information content (AvgIpc) is 2.89. The van der Waals surface area contributed by atoms with E-state index < -0.39 is 29.2 Å². The molecule has 3 atom stereocenters. The van der Waals surface area contributed by atoms with E-state index in [9.17, 15) is 14.7 Å². The minimum absolute atomic E-state index is 0.169. The van der Waals surface area contributed by atoms with Crippen molar-refractivity contribution in [3.8, 4) is 0 Å². The molecule has 0 saturated heterocycles. The van der Waals surface area contributed by atoms with Crippen LogP contribution >= 0.6 is 0 Å². The fourth-order valence-electron chi connectivity index (χ4n) is 3.58. The first-order chi connectivity index (χ1) is 12.0. The quantitative estimate of drug-likeness (QED) is 0.687. The van der Waals surface area contributed by atoms with Crippen LogP contribution in [0.3, 0.4) is 0 Å². The molecule has 0 bridgehead atoms. The summed E-state index contributed by atoms with van der Waals surface area (Å²) in [5, 5.41) is 11.1. The molecule has 1 aliphatic rings. The summed E-state index contributed by atoms with van der Waals surface area (Å²) in [6.07, 6.45) is 0.169. The van der Waals surface area contributed by atoms with Crippen LogP contribution in [0, 0.1) is 12.8 Å². The molecule has 0 aliphatic heterocycles. The number of ether oxygens (including phenoxy) is 1. The van der Waals surface area contributed by atoms with Gasteiger partial charge in [0.15, 0.2) is 5.78 Å². The van der Waals surface area contributed by atoms with Crippen LogP contribution in [0.15, 0.2) is 54.6 Å². The molecule has 2 aromatic rings. The molecule has 0 aromatic heterocycles. The van der Waals surface area contributed by atoms with Gasteiger partial charge in [-0.05, 0) is 31.4 Å². The maximum absolute atomic E-state index is 13.0. The van der Waals surface area contributed by atoms with Crippen LogP contribution in [0.5, 0.6) is 0 Å². The summed E-state index contributed by atoms with van der Waals surface area (Å²) in [7, 11) is 0. The number of hydrogen-bond acceptors (Lipinski definition) is 4. The maximum Gasteiger partial charge on any atom is 0.317 e. The van der Waals surface area contributed by atoms with Gasteiger partial charge in [0.05, 0.1) is 6.61 Å². The molecule has 3 rings (SSSR count). The van der Waals surface area contributed by atoms with Crippen LogP contribution in [0.1, 0.15) is 36.0 Å². The van der Waals surface area contributed by atoms with Gasteiger partial charge in [-0.3, -0.25) is 9.59 Å². The van der Waals surface area contributed by atoms with Crippen LogP contribution in [0.4, 0.5) is 0 Å². The van der Waals surface area contributed by atoms with Gasteiger partial charge in [-0.1, -0.05) is 60.2 Å². The first kappa shape index (κ1) is 17.4. The third-order valence-electron chi connectivity index (χ3n) is 4.91. The molecule has 1 N–H and O–H groups in total. The summed E-state index contributed by atoms with van der Waals surface area (Å²) in [4.78, 5) is 25.5. The molecule has 25 heavy (non-hydrogen) atoms. The Morgan fingerprint density at radius 3 is 2.40 bits per heavy atom. The lowest BCUT2D eigenvalue weighted by Gasteiger charge is -2.21. The van der Waals surface area contributed by atoms with Crippen LogP contribution in [-0.2, 0) is 19.9 Å². The molecule has 130 valence electrons. The smallest absolute Gasteiger partial charge is 0.317 e. The molecule has 0 amide bonds. The van der Waals surface area contributed by atoms with Gasteiger partial charge in [0.2, 0.25) is 0 Å². The lowest BCUT2D eigenvalue weighted by atomic mass is 9.88. The largest absolute Gasteiger partial charge is 0.465 e. The predicted octanol–water partition coefficient (Wildman–Crippen LogP) is 3.12. The molecule has 4 heteroatoms. The van der Waals surface area contributed by atoms with Crippen molar-refractivity contribution < 1.29 is 19.4 Å². The average molecular weight is 338 g/mol. The van der Waals surface area contributed by atoms with Gasteiger partial charge in [-0.2, -0.15) is 0 Å². The maximum atomic E-state index is 13.0. The van der Waals surface area contributed by atoms with Crippen molar-refractivity contribution in [1.82, 2.24) is 0 Å². The number of esters is 1. The van der Waals surface area contributed by atoms with E-state index >= 15 is 0 Å². The number of benzene rings is 2. The monoisotopic (exact) mass is 338 g/mol. The highest BCUT2D eigenvalue weighted by Gasteiger charge is 2.56. The minimum atomic E-state index is -1.67. The molecule has 1 fully saturated rings. The van der Waals surface area contributed by atoms with Crippen LogP contribution in [0.2, 0.25) is 0 Å². The van der Waals surface area contributed by atoms with Crippen molar-refractivity contribution in [2.75, 3.05) is 6.61 Å². The number of aliphatic hydroxyl groups is 1. The predicted molar refractivity (Wildman–Crippen MR) is 94.0 cm³/mol. The highest BCUT2D eigenvalue weighted by atomic mass is 16.5. The van der Waals surface area contributed by atoms with E-state index in [2.05, 4.69) is 0 Å². The van der Waals surface area contributed by atoms with E-state index in [1.54, 1.807) is 31.2 Å².